The summed E-state index contributed by atoms with van der Waals surface area (Å²) in [5.74, 6) is -3.96. The maximum Gasteiger partial charge on any atom is 0.410 e. The largest absolute Gasteiger partial charge is 0.481 e. The van der Waals surface area contributed by atoms with Crippen molar-refractivity contribution in [2.45, 2.75) is 19.4 Å². The lowest BCUT2D eigenvalue weighted by molar-refractivity contribution is 0.0138. The molecule has 1 aliphatic rings. The molecular weight excluding hydrogens is 349 g/mol. The molecule has 2 heterocycles. The fourth-order valence-corrected chi connectivity index (χ4v) is 2.77. The number of hydrogen-bond acceptors (Lipinski definition) is 4. The average Bonchev–Trinajstić information content (AvgIpc) is 2.99. The number of pyridine rings is 1. The van der Waals surface area contributed by atoms with Crippen LogP contribution < -0.4 is 4.74 Å². The van der Waals surface area contributed by atoms with Gasteiger partial charge in [0.2, 0.25) is 5.88 Å². The molecule has 138 valence electrons. The Bertz CT molecular complexity index is 837. The molecule has 0 N–H and O–H groups in total. The van der Waals surface area contributed by atoms with Gasteiger partial charge in [0.1, 0.15) is 12.4 Å². The zero-order valence-electron chi connectivity index (χ0n) is 14.3. The van der Waals surface area contributed by atoms with Gasteiger partial charge in [-0.1, -0.05) is 6.07 Å². The number of nitrogens with zero attached hydrogens (tertiary/aromatic N) is 2. The number of amides is 1. The van der Waals surface area contributed by atoms with Gasteiger partial charge in [-0.15, -0.1) is 0 Å². The third-order valence-corrected chi connectivity index (χ3v) is 4.10. The van der Waals surface area contributed by atoms with E-state index in [-0.39, 0.29) is 6.54 Å². The molecule has 1 amide bonds. The van der Waals surface area contributed by atoms with Crippen LogP contribution >= 0.6 is 0 Å². The van der Waals surface area contributed by atoms with Gasteiger partial charge < -0.3 is 14.4 Å². The number of hydrogen-bond donors (Lipinski definition) is 0. The Balaban J connectivity index is 1.98. The van der Waals surface area contributed by atoms with Crippen LogP contribution in [0.3, 0.4) is 0 Å². The number of ether oxygens (including phenoxy) is 2. The van der Waals surface area contributed by atoms with Crippen molar-refractivity contribution in [3.8, 4) is 17.0 Å². The Hall–Kier alpha value is -2.77. The molecule has 5 nitrogen and oxygen atoms in total. The van der Waals surface area contributed by atoms with Crippen molar-refractivity contribution in [1.29, 1.82) is 0 Å². The number of alkyl halides is 2. The molecule has 0 aliphatic carbocycles. The fourth-order valence-electron chi connectivity index (χ4n) is 2.77. The van der Waals surface area contributed by atoms with Gasteiger partial charge in [0.25, 0.3) is 5.92 Å². The first-order valence-electron chi connectivity index (χ1n) is 7.92. The number of benzene rings is 1. The molecule has 3 rings (SSSR count). The van der Waals surface area contributed by atoms with Crippen LogP contribution in [0.4, 0.5) is 18.0 Å². The van der Waals surface area contributed by atoms with Crippen molar-refractivity contribution in [3.63, 3.8) is 0 Å². The Kier molecular flexibility index (Phi) is 4.76. The molecule has 0 atom stereocenters. The predicted molar refractivity (Wildman–Crippen MR) is 87.5 cm³/mol. The molecule has 0 spiro atoms. The summed E-state index contributed by atoms with van der Waals surface area (Å²) in [5.41, 5.74) is 0.815. The highest BCUT2D eigenvalue weighted by Crippen LogP contribution is 2.33. The summed E-state index contributed by atoms with van der Waals surface area (Å²) in [5, 5.41) is 0. The summed E-state index contributed by atoms with van der Waals surface area (Å²) >= 11 is 0. The molecule has 8 heteroatoms. The molecule has 0 radical (unpaired) electrons. The number of methoxy groups -OCH3 is 1. The molecule has 0 unspecified atom stereocenters. The first kappa shape index (κ1) is 18.0. The maximum absolute atomic E-state index is 13.7. The van der Waals surface area contributed by atoms with Gasteiger partial charge in [0.15, 0.2) is 0 Å². The van der Waals surface area contributed by atoms with E-state index >= 15 is 0 Å². The van der Waals surface area contributed by atoms with E-state index in [0.29, 0.717) is 42.6 Å². The lowest BCUT2D eigenvalue weighted by atomic mass is 10.00. The third kappa shape index (κ3) is 3.58. The van der Waals surface area contributed by atoms with Gasteiger partial charge in [-0.25, -0.2) is 22.9 Å². The molecule has 1 aromatic carbocycles. The highest BCUT2D eigenvalue weighted by atomic mass is 19.3. The van der Waals surface area contributed by atoms with Crippen molar-refractivity contribution in [2.24, 2.45) is 0 Å². The van der Waals surface area contributed by atoms with Gasteiger partial charge >= 0.3 is 6.09 Å². The number of rotatable bonds is 5. The molecule has 1 saturated heterocycles. The Morgan fingerprint density at radius 2 is 2.08 bits per heavy atom. The van der Waals surface area contributed by atoms with Crippen LogP contribution in [0.15, 0.2) is 30.5 Å². The number of carbonyl (C=O) groups excluding carboxylic acids is 1. The molecule has 1 fully saturated rings. The van der Waals surface area contributed by atoms with Gasteiger partial charge in [0, 0.05) is 24.2 Å². The van der Waals surface area contributed by atoms with Gasteiger partial charge in [-0.2, -0.15) is 0 Å². The molecule has 2 aromatic rings. The van der Waals surface area contributed by atoms with E-state index in [1.54, 1.807) is 6.07 Å². The molecule has 1 aliphatic heterocycles. The minimum Gasteiger partial charge on any atom is -0.481 e. The lowest BCUT2D eigenvalue weighted by Gasteiger charge is -2.16. The number of halogens is 3. The fraction of sp³-hybridized carbons (Fsp3) is 0.333. The molecule has 0 bridgehead atoms. The zero-order valence-corrected chi connectivity index (χ0v) is 14.3. The van der Waals surface area contributed by atoms with E-state index in [9.17, 15) is 18.0 Å². The predicted octanol–water partition coefficient (Wildman–Crippen LogP) is 3.96. The van der Waals surface area contributed by atoms with Crippen molar-refractivity contribution >= 4 is 6.09 Å². The summed E-state index contributed by atoms with van der Waals surface area (Å²) in [6.07, 6.45) is 1.02. The molecule has 26 heavy (non-hydrogen) atoms. The quantitative estimate of drug-likeness (QED) is 0.804. The number of cyclic esters (lactones) is 1. The van der Waals surface area contributed by atoms with E-state index < -0.39 is 23.4 Å². The summed E-state index contributed by atoms with van der Waals surface area (Å²) in [7, 11) is 1.45. The topological polar surface area (TPSA) is 51.7 Å². The SMILES string of the molecule is COc1ncc(-c2ccc(F)c(C(C)(F)F)c2)cc1CN1CCOC1=O. The minimum atomic E-state index is -3.30. The van der Waals surface area contributed by atoms with Crippen molar-refractivity contribution < 1.29 is 27.4 Å². The van der Waals surface area contributed by atoms with Gasteiger partial charge in [-0.05, 0) is 23.8 Å². The summed E-state index contributed by atoms with van der Waals surface area (Å²) in [6, 6.07) is 5.20. The molecular formula is C18H17F3N2O3. The second-order valence-corrected chi connectivity index (χ2v) is 6.01. The second kappa shape index (κ2) is 6.86. The van der Waals surface area contributed by atoms with E-state index in [2.05, 4.69) is 4.98 Å². The monoisotopic (exact) mass is 366 g/mol. The van der Waals surface area contributed by atoms with Crippen molar-refractivity contribution in [1.82, 2.24) is 9.88 Å². The average molecular weight is 366 g/mol. The Morgan fingerprint density at radius 3 is 2.69 bits per heavy atom. The standard InChI is InChI=1S/C18H17F3N2O3/c1-18(20,21)14-8-11(3-4-15(14)19)12-7-13(16(25-2)22-9-12)10-23-5-6-26-17(23)24/h3-4,7-9H,5-6,10H2,1-2H3. The highest BCUT2D eigenvalue weighted by Gasteiger charge is 2.29. The summed E-state index contributed by atoms with van der Waals surface area (Å²) in [6.45, 7) is 1.60. The summed E-state index contributed by atoms with van der Waals surface area (Å²) < 4.78 is 51.0. The first-order chi connectivity index (χ1) is 12.3. The zero-order chi connectivity index (χ0) is 18.9. The van der Waals surface area contributed by atoms with Crippen LogP contribution in [-0.2, 0) is 17.2 Å². The number of carbonyl (C=O) groups is 1. The maximum atomic E-state index is 13.7. The van der Waals surface area contributed by atoms with Crippen LogP contribution in [0.5, 0.6) is 5.88 Å². The van der Waals surface area contributed by atoms with Crippen LogP contribution in [0.2, 0.25) is 0 Å². The van der Waals surface area contributed by atoms with Crippen molar-refractivity contribution in [2.75, 3.05) is 20.3 Å². The normalized spacial score (nSPS) is 14.5. The second-order valence-electron chi connectivity index (χ2n) is 6.01. The summed E-state index contributed by atoms with van der Waals surface area (Å²) in [4.78, 5) is 17.3. The van der Waals surface area contributed by atoms with E-state index in [1.165, 1.54) is 24.3 Å². The highest BCUT2D eigenvalue weighted by molar-refractivity contribution is 5.70. The number of aromatic nitrogens is 1. The van der Waals surface area contributed by atoms with Gasteiger partial charge in [-0.3, -0.25) is 0 Å². The van der Waals surface area contributed by atoms with Crippen LogP contribution in [0.25, 0.3) is 11.1 Å². The van der Waals surface area contributed by atoms with Crippen LogP contribution in [0.1, 0.15) is 18.1 Å². The Labute approximate surface area is 148 Å². The first-order valence-corrected chi connectivity index (χ1v) is 7.92. The smallest absolute Gasteiger partial charge is 0.410 e. The van der Waals surface area contributed by atoms with E-state index in [0.717, 1.165) is 12.1 Å². The molecule has 1 aromatic heterocycles. The molecule has 0 saturated carbocycles. The van der Waals surface area contributed by atoms with E-state index in [1.807, 2.05) is 0 Å². The minimum absolute atomic E-state index is 0.209. The third-order valence-electron chi connectivity index (χ3n) is 4.10. The van der Waals surface area contributed by atoms with Gasteiger partial charge in [0.05, 0.1) is 25.8 Å². The van der Waals surface area contributed by atoms with Crippen LogP contribution in [0, 0.1) is 5.82 Å². The van der Waals surface area contributed by atoms with Crippen LogP contribution in [-0.4, -0.2) is 36.2 Å². The van der Waals surface area contributed by atoms with E-state index in [4.69, 9.17) is 9.47 Å². The Morgan fingerprint density at radius 1 is 1.31 bits per heavy atom. The lowest BCUT2D eigenvalue weighted by Crippen LogP contribution is -2.24. The van der Waals surface area contributed by atoms with Crippen molar-refractivity contribution in [3.05, 3.63) is 47.4 Å².